The molecular weight excluding hydrogens is 483 g/mol. The van der Waals surface area contributed by atoms with Crippen LogP contribution >= 0.6 is 0 Å². The fraction of sp³-hybridized carbons (Fsp3) is 0.600. The lowest BCUT2D eigenvalue weighted by Crippen LogP contribution is -2.48. The number of alkyl halides is 3. The van der Waals surface area contributed by atoms with E-state index >= 15 is 0 Å². The molecule has 0 radical (unpaired) electrons. The van der Waals surface area contributed by atoms with Crippen molar-refractivity contribution >= 4 is 6.29 Å². The molecule has 0 saturated carbocycles. The molecule has 1 aromatic heterocycles. The van der Waals surface area contributed by atoms with Crippen molar-refractivity contribution < 1.29 is 31.5 Å². The summed E-state index contributed by atoms with van der Waals surface area (Å²) < 4.78 is 71.4. The fourth-order valence-corrected chi connectivity index (χ4v) is 5.21. The van der Waals surface area contributed by atoms with Crippen LogP contribution in [-0.4, -0.2) is 78.4 Å². The number of hydrogen-bond acceptors (Lipinski definition) is 5. The van der Waals surface area contributed by atoms with Gasteiger partial charge in [-0.15, -0.1) is 0 Å². The maximum absolute atomic E-state index is 13.7. The van der Waals surface area contributed by atoms with Gasteiger partial charge in [-0.3, -0.25) is 14.8 Å². The van der Waals surface area contributed by atoms with E-state index in [0.717, 1.165) is 68.8 Å². The van der Waals surface area contributed by atoms with E-state index in [0.29, 0.717) is 43.7 Å². The Morgan fingerprint density at radius 2 is 1.89 bits per heavy atom. The summed E-state index contributed by atoms with van der Waals surface area (Å²) in [5.74, 6) is -3.93. The van der Waals surface area contributed by atoms with E-state index in [1.54, 1.807) is 0 Å². The zero-order chi connectivity index (χ0) is 25.9. The van der Waals surface area contributed by atoms with Gasteiger partial charge in [-0.2, -0.15) is 18.3 Å². The van der Waals surface area contributed by atoms with Gasteiger partial charge >= 0.3 is 6.18 Å². The highest BCUT2D eigenvalue weighted by Gasteiger charge is 2.44. The highest BCUT2D eigenvalue weighted by molar-refractivity contribution is 5.74. The van der Waals surface area contributed by atoms with E-state index in [9.17, 15) is 26.7 Å². The highest BCUT2D eigenvalue weighted by Crippen LogP contribution is 2.43. The molecule has 5 rings (SSSR count). The fourth-order valence-electron chi connectivity index (χ4n) is 5.21. The molecule has 4 heterocycles. The molecule has 3 aliphatic heterocycles. The average Bonchev–Trinajstić information content (AvgIpc) is 2.94. The standard InChI is InChI=1S/C14H16F5N.C11H15N3O2/c1-20-6-4-9(5-7-20)11-3-2-10(15)8-12(16)13(11)14(17,18)19;15-5-11-9-2-1-3-14(8-6-16-7-8)4-10(9)12-13-11/h2-3,8-9,11H,4-7H2,1H3;5,8H,1-4,6-7H2,(H,12,13). The summed E-state index contributed by atoms with van der Waals surface area (Å²) in [5.41, 5.74) is 1.54. The Bertz CT molecular complexity index is 1020. The molecule has 0 bridgehead atoms. The second kappa shape index (κ2) is 11.4. The van der Waals surface area contributed by atoms with Gasteiger partial charge in [-0.1, -0.05) is 6.08 Å². The molecule has 4 aliphatic rings. The maximum atomic E-state index is 13.7. The zero-order valence-electron chi connectivity index (χ0n) is 20.2. The Morgan fingerprint density at radius 3 is 2.50 bits per heavy atom. The second-order valence-corrected chi connectivity index (χ2v) is 9.76. The number of nitrogens with one attached hydrogen (secondary N) is 1. The molecule has 1 unspecified atom stereocenters. The van der Waals surface area contributed by atoms with Crippen LogP contribution in [0.15, 0.2) is 35.5 Å². The topological polar surface area (TPSA) is 61.5 Å². The van der Waals surface area contributed by atoms with Crippen molar-refractivity contribution in [3.05, 3.63) is 52.4 Å². The largest absolute Gasteiger partial charge is 0.416 e. The number of aromatic nitrogens is 2. The monoisotopic (exact) mass is 514 g/mol. The molecular formula is C25H31F5N4O2. The van der Waals surface area contributed by atoms with Gasteiger partial charge in [0, 0.05) is 24.1 Å². The molecule has 2 fully saturated rings. The summed E-state index contributed by atoms with van der Waals surface area (Å²) in [6.45, 7) is 4.95. The van der Waals surface area contributed by atoms with Crippen LogP contribution in [0.3, 0.4) is 0 Å². The van der Waals surface area contributed by atoms with Crippen molar-refractivity contribution in [1.82, 2.24) is 20.0 Å². The number of fused-ring (bicyclic) bond motifs is 1. The first-order valence-corrected chi connectivity index (χ1v) is 12.2. The molecule has 0 amide bonds. The molecule has 6 nitrogen and oxygen atoms in total. The predicted octanol–water partition coefficient (Wildman–Crippen LogP) is 4.52. The van der Waals surface area contributed by atoms with Crippen LogP contribution in [0.1, 0.15) is 41.0 Å². The number of halogens is 5. The summed E-state index contributed by atoms with van der Waals surface area (Å²) >= 11 is 0. The second-order valence-electron chi connectivity index (χ2n) is 9.76. The summed E-state index contributed by atoms with van der Waals surface area (Å²) in [4.78, 5) is 15.3. The molecule has 36 heavy (non-hydrogen) atoms. The third-order valence-corrected chi connectivity index (χ3v) is 7.36. The summed E-state index contributed by atoms with van der Waals surface area (Å²) in [5, 5.41) is 7.03. The van der Waals surface area contributed by atoms with Gasteiger partial charge in [0.05, 0.1) is 30.5 Å². The van der Waals surface area contributed by atoms with Crippen molar-refractivity contribution in [3.8, 4) is 0 Å². The van der Waals surface area contributed by atoms with E-state index in [2.05, 4.69) is 15.1 Å². The van der Waals surface area contributed by atoms with Crippen LogP contribution in [0.2, 0.25) is 0 Å². The molecule has 198 valence electrons. The van der Waals surface area contributed by atoms with Gasteiger partial charge < -0.3 is 9.64 Å². The van der Waals surface area contributed by atoms with Crippen LogP contribution in [0, 0.1) is 11.8 Å². The Labute approximate surface area is 206 Å². The van der Waals surface area contributed by atoms with Crippen molar-refractivity contribution in [3.63, 3.8) is 0 Å². The van der Waals surface area contributed by atoms with Gasteiger partial charge in [0.2, 0.25) is 0 Å². The number of likely N-dealkylation sites (tertiary alicyclic amines) is 1. The number of carbonyl (C=O) groups is 1. The summed E-state index contributed by atoms with van der Waals surface area (Å²) in [7, 11) is 1.89. The van der Waals surface area contributed by atoms with Gasteiger partial charge in [0.1, 0.15) is 17.3 Å². The lowest BCUT2D eigenvalue weighted by atomic mass is 9.79. The number of allylic oxidation sites excluding steroid dienone is 6. The van der Waals surface area contributed by atoms with Crippen LogP contribution in [0.25, 0.3) is 0 Å². The molecule has 11 heteroatoms. The average molecular weight is 515 g/mol. The van der Waals surface area contributed by atoms with Crippen LogP contribution in [0.4, 0.5) is 22.0 Å². The van der Waals surface area contributed by atoms with Gasteiger partial charge in [-0.05, 0) is 64.4 Å². The minimum atomic E-state index is -4.79. The molecule has 1 aliphatic carbocycles. The van der Waals surface area contributed by atoms with Crippen LogP contribution < -0.4 is 0 Å². The third kappa shape index (κ3) is 6.12. The first-order valence-electron chi connectivity index (χ1n) is 12.2. The summed E-state index contributed by atoms with van der Waals surface area (Å²) in [6.07, 6.45) is 1.57. The third-order valence-electron chi connectivity index (χ3n) is 7.36. The van der Waals surface area contributed by atoms with Crippen LogP contribution in [0.5, 0.6) is 0 Å². The number of hydrogen-bond donors (Lipinski definition) is 1. The molecule has 1 aromatic rings. The highest BCUT2D eigenvalue weighted by atomic mass is 19.4. The quantitative estimate of drug-likeness (QED) is 0.475. The number of rotatable bonds is 3. The van der Waals surface area contributed by atoms with E-state index in [-0.39, 0.29) is 5.92 Å². The van der Waals surface area contributed by atoms with Gasteiger partial charge in [0.15, 0.2) is 6.29 Å². The van der Waals surface area contributed by atoms with E-state index in [1.165, 1.54) is 0 Å². The lowest BCUT2D eigenvalue weighted by Gasteiger charge is -2.36. The Morgan fingerprint density at radius 1 is 1.17 bits per heavy atom. The SMILES string of the molecule is CN1CCC(C2C=CC(F)=CC(F)=C2C(F)(F)F)CC1.O=Cc1n[nH]c2c1CCCN(C1COC1)C2. The minimum Gasteiger partial charge on any atom is -0.378 e. The van der Waals surface area contributed by atoms with Gasteiger partial charge in [0.25, 0.3) is 0 Å². The number of nitrogens with zero attached hydrogens (tertiary/aromatic N) is 3. The van der Waals surface area contributed by atoms with Crippen molar-refractivity contribution in [2.24, 2.45) is 11.8 Å². The number of ether oxygens (including phenoxy) is 1. The smallest absolute Gasteiger partial charge is 0.378 e. The van der Waals surface area contributed by atoms with Crippen molar-refractivity contribution in [1.29, 1.82) is 0 Å². The van der Waals surface area contributed by atoms with Crippen molar-refractivity contribution in [2.75, 3.05) is 39.9 Å². The normalized spacial score (nSPS) is 24.7. The maximum Gasteiger partial charge on any atom is 0.416 e. The number of aldehydes is 1. The van der Waals surface area contributed by atoms with E-state index < -0.39 is 29.3 Å². The number of carbonyl (C=O) groups excluding carboxylic acids is 1. The van der Waals surface area contributed by atoms with Crippen molar-refractivity contribution in [2.45, 2.75) is 44.4 Å². The molecule has 0 aromatic carbocycles. The zero-order valence-corrected chi connectivity index (χ0v) is 20.2. The number of aromatic amines is 1. The first kappa shape index (κ1) is 26.7. The summed E-state index contributed by atoms with van der Waals surface area (Å²) in [6, 6.07) is 0.550. The number of piperidine rings is 1. The van der Waals surface area contributed by atoms with Crippen LogP contribution in [-0.2, 0) is 17.7 Å². The Kier molecular flexibility index (Phi) is 8.41. The lowest BCUT2D eigenvalue weighted by molar-refractivity contribution is -0.102. The Hall–Kier alpha value is -2.37. The molecule has 2 saturated heterocycles. The molecule has 0 spiro atoms. The van der Waals surface area contributed by atoms with Gasteiger partial charge in [-0.25, -0.2) is 8.78 Å². The molecule has 1 N–H and O–H groups in total. The minimum absolute atomic E-state index is 0.314. The number of H-pyrrole nitrogens is 1. The van der Waals surface area contributed by atoms with E-state index in [1.807, 2.05) is 11.9 Å². The first-order chi connectivity index (χ1) is 17.2. The van der Waals surface area contributed by atoms with E-state index in [4.69, 9.17) is 4.74 Å². The molecule has 1 atom stereocenters. The predicted molar refractivity (Wildman–Crippen MR) is 124 cm³/mol. The Balaban J connectivity index is 0.000000173.